The van der Waals surface area contributed by atoms with Gasteiger partial charge in [-0.15, -0.1) is 16.8 Å². The van der Waals surface area contributed by atoms with E-state index >= 15 is 0 Å². The number of allylic oxidation sites excluding steroid dienone is 1. The Kier molecular flexibility index (Phi) is 5.09. The van der Waals surface area contributed by atoms with Crippen LogP contribution in [-0.2, 0) is 11.3 Å². The van der Waals surface area contributed by atoms with Crippen molar-refractivity contribution >= 4 is 34.4 Å². The monoisotopic (exact) mass is 410 g/mol. The van der Waals surface area contributed by atoms with Crippen molar-refractivity contribution in [1.82, 2.24) is 24.7 Å². The molecule has 1 aromatic carbocycles. The highest BCUT2D eigenvalue weighted by Crippen LogP contribution is 2.28. The molecule has 3 aromatic heterocycles. The molecule has 0 bridgehead atoms. The molecule has 0 radical (unpaired) electrons. The van der Waals surface area contributed by atoms with Gasteiger partial charge in [0.15, 0.2) is 10.9 Å². The topological polar surface area (TPSA) is 122 Å². The number of H-pyrrole nitrogens is 2. The van der Waals surface area contributed by atoms with Crippen molar-refractivity contribution in [2.45, 2.75) is 23.9 Å². The Labute approximate surface area is 169 Å². The van der Waals surface area contributed by atoms with E-state index < -0.39 is 5.25 Å². The van der Waals surface area contributed by atoms with Crippen molar-refractivity contribution in [3.63, 3.8) is 0 Å². The molecular weight excluding hydrogens is 392 g/mol. The number of fused-ring (bicyclic) bond motifs is 1. The fourth-order valence-electron chi connectivity index (χ4n) is 2.82. The van der Waals surface area contributed by atoms with E-state index in [4.69, 9.17) is 4.42 Å². The number of rotatable bonds is 7. The molecule has 148 valence electrons. The molecule has 4 aromatic rings. The molecule has 0 saturated heterocycles. The quantitative estimate of drug-likeness (QED) is 0.318. The standard InChI is InChI=1S/C19H18N6O3S/c1-3-8-25-16(15-5-4-9-28-15)23-24-19(25)29-11(2)17(26)20-12-6-7-13-14(10-12)22-18(27)21-13/h3-7,9-11H,1,8H2,2H3,(H,20,26)(H2,21,22,27). The van der Waals surface area contributed by atoms with Crippen LogP contribution in [0.3, 0.4) is 0 Å². The van der Waals surface area contributed by atoms with Crippen LogP contribution in [-0.4, -0.2) is 35.9 Å². The zero-order chi connectivity index (χ0) is 20.4. The smallest absolute Gasteiger partial charge is 0.323 e. The number of benzene rings is 1. The Hall–Kier alpha value is -3.53. The van der Waals surface area contributed by atoms with E-state index in [1.165, 1.54) is 11.8 Å². The summed E-state index contributed by atoms with van der Waals surface area (Å²) < 4.78 is 7.26. The van der Waals surface area contributed by atoms with Crippen molar-refractivity contribution in [2.24, 2.45) is 0 Å². The largest absolute Gasteiger partial charge is 0.461 e. The van der Waals surface area contributed by atoms with Gasteiger partial charge < -0.3 is 19.7 Å². The van der Waals surface area contributed by atoms with Crippen LogP contribution >= 0.6 is 11.8 Å². The number of carbonyl (C=O) groups excluding carboxylic acids is 1. The highest BCUT2D eigenvalue weighted by molar-refractivity contribution is 8.00. The number of hydrogen-bond donors (Lipinski definition) is 3. The van der Waals surface area contributed by atoms with Crippen LogP contribution in [0.2, 0.25) is 0 Å². The van der Waals surface area contributed by atoms with Crippen LogP contribution in [0.5, 0.6) is 0 Å². The second-order valence-corrected chi connectivity index (χ2v) is 7.58. The number of aromatic amines is 2. The molecule has 0 fully saturated rings. The van der Waals surface area contributed by atoms with Gasteiger partial charge in [0.2, 0.25) is 11.7 Å². The van der Waals surface area contributed by atoms with Crippen molar-refractivity contribution in [2.75, 3.05) is 5.32 Å². The molecular formula is C19H18N6O3S. The number of hydrogen-bond acceptors (Lipinski definition) is 6. The van der Waals surface area contributed by atoms with Gasteiger partial charge in [0, 0.05) is 12.2 Å². The number of carbonyl (C=O) groups is 1. The zero-order valence-corrected chi connectivity index (χ0v) is 16.3. The lowest BCUT2D eigenvalue weighted by atomic mass is 10.2. The highest BCUT2D eigenvalue weighted by Gasteiger charge is 2.21. The zero-order valence-electron chi connectivity index (χ0n) is 15.5. The third-order valence-electron chi connectivity index (χ3n) is 4.20. The molecule has 29 heavy (non-hydrogen) atoms. The van der Waals surface area contributed by atoms with Gasteiger partial charge in [-0.2, -0.15) is 0 Å². The fourth-order valence-corrected chi connectivity index (χ4v) is 3.68. The second-order valence-electron chi connectivity index (χ2n) is 6.27. The highest BCUT2D eigenvalue weighted by atomic mass is 32.2. The molecule has 3 N–H and O–H groups in total. The fraction of sp³-hybridized carbons (Fsp3) is 0.158. The van der Waals surface area contributed by atoms with Gasteiger partial charge in [0.05, 0.1) is 22.5 Å². The van der Waals surface area contributed by atoms with Crippen LogP contribution in [0, 0.1) is 0 Å². The molecule has 1 atom stereocenters. The number of nitrogens with one attached hydrogen (secondary N) is 3. The van der Waals surface area contributed by atoms with E-state index in [0.29, 0.717) is 40.0 Å². The molecule has 1 amide bonds. The Bertz CT molecular complexity index is 1220. The summed E-state index contributed by atoms with van der Waals surface area (Å²) in [5.41, 5.74) is 1.61. The van der Waals surface area contributed by atoms with Gasteiger partial charge in [-0.05, 0) is 37.3 Å². The Morgan fingerprint density at radius 2 is 2.17 bits per heavy atom. The van der Waals surface area contributed by atoms with Crippen LogP contribution in [0.15, 0.2) is 63.6 Å². The first-order valence-electron chi connectivity index (χ1n) is 8.82. The van der Waals surface area contributed by atoms with Gasteiger partial charge in [0.25, 0.3) is 0 Å². The van der Waals surface area contributed by atoms with Gasteiger partial charge in [0.1, 0.15) is 0 Å². The van der Waals surface area contributed by atoms with Crippen molar-refractivity contribution < 1.29 is 9.21 Å². The summed E-state index contributed by atoms with van der Waals surface area (Å²) in [4.78, 5) is 29.4. The molecule has 0 saturated carbocycles. The molecule has 0 aliphatic carbocycles. The number of aromatic nitrogens is 5. The van der Waals surface area contributed by atoms with Gasteiger partial charge in [-0.25, -0.2) is 4.79 Å². The molecule has 3 heterocycles. The lowest BCUT2D eigenvalue weighted by molar-refractivity contribution is -0.115. The Morgan fingerprint density at radius 1 is 1.34 bits per heavy atom. The minimum atomic E-state index is -0.437. The van der Waals surface area contributed by atoms with Crippen LogP contribution in [0.4, 0.5) is 5.69 Å². The summed E-state index contributed by atoms with van der Waals surface area (Å²) >= 11 is 1.29. The lowest BCUT2D eigenvalue weighted by Gasteiger charge is -2.12. The van der Waals surface area contributed by atoms with Crippen LogP contribution in [0.1, 0.15) is 6.92 Å². The first-order valence-corrected chi connectivity index (χ1v) is 9.70. The molecule has 4 rings (SSSR count). The minimum Gasteiger partial charge on any atom is -0.461 e. The number of nitrogens with zero attached hydrogens (tertiary/aromatic N) is 3. The molecule has 0 spiro atoms. The third-order valence-corrected chi connectivity index (χ3v) is 5.29. The van der Waals surface area contributed by atoms with Gasteiger partial charge >= 0.3 is 5.69 Å². The summed E-state index contributed by atoms with van der Waals surface area (Å²) in [6.45, 7) is 6.04. The number of furan rings is 1. The summed E-state index contributed by atoms with van der Waals surface area (Å²) in [5, 5.41) is 11.4. The van der Waals surface area contributed by atoms with E-state index in [-0.39, 0.29) is 11.6 Å². The lowest BCUT2D eigenvalue weighted by Crippen LogP contribution is -2.23. The molecule has 0 aliphatic rings. The Morgan fingerprint density at radius 3 is 2.93 bits per heavy atom. The summed E-state index contributed by atoms with van der Waals surface area (Å²) in [6, 6.07) is 8.75. The molecule has 9 nitrogen and oxygen atoms in total. The minimum absolute atomic E-state index is 0.195. The maximum Gasteiger partial charge on any atom is 0.323 e. The second kappa shape index (κ2) is 7.84. The maximum absolute atomic E-state index is 12.7. The molecule has 10 heteroatoms. The normalized spacial score (nSPS) is 12.2. The van der Waals surface area contributed by atoms with Crippen molar-refractivity contribution in [3.05, 3.63) is 59.7 Å². The number of amides is 1. The first kappa shape index (κ1) is 18.8. The first-order chi connectivity index (χ1) is 14.0. The molecule has 0 aliphatic heterocycles. The van der Waals surface area contributed by atoms with E-state index in [9.17, 15) is 9.59 Å². The van der Waals surface area contributed by atoms with Gasteiger partial charge in [-0.3, -0.25) is 9.36 Å². The van der Waals surface area contributed by atoms with Crippen molar-refractivity contribution in [3.8, 4) is 11.6 Å². The molecule has 1 unspecified atom stereocenters. The van der Waals surface area contributed by atoms with E-state index in [0.717, 1.165) is 0 Å². The Balaban J connectivity index is 1.50. The summed E-state index contributed by atoms with van der Waals surface area (Å²) in [7, 11) is 0. The van der Waals surface area contributed by atoms with Crippen LogP contribution in [0.25, 0.3) is 22.6 Å². The maximum atomic E-state index is 12.7. The number of anilines is 1. The number of imidazole rings is 1. The van der Waals surface area contributed by atoms with Gasteiger partial charge in [-0.1, -0.05) is 17.8 Å². The van der Waals surface area contributed by atoms with Crippen LogP contribution < -0.4 is 11.0 Å². The summed E-state index contributed by atoms with van der Waals surface area (Å²) in [5.74, 6) is 0.976. The average molecular weight is 410 g/mol. The SMILES string of the molecule is C=CCn1c(SC(C)C(=O)Nc2ccc3[nH]c(=O)[nH]c3c2)nnc1-c1ccco1. The predicted molar refractivity (Wildman–Crippen MR) is 111 cm³/mol. The van der Waals surface area contributed by atoms with E-state index in [1.54, 1.807) is 49.6 Å². The van der Waals surface area contributed by atoms with E-state index in [2.05, 4.69) is 32.1 Å². The van der Waals surface area contributed by atoms with E-state index in [1.807, 2.05) is 4.57 Å². The van der Waals surface area contributed by atoms with Crippen molar-refractivity contribution in [1.29, 1.82) is 0 Å². The predicted octanol–water partition coefficient (Wildman–Crippen LogP) is 3.01. The average Bonchev–Trinajstić information content (AvgIpc) is 3.41. The number of thioether (sulfide) groups is 1. The summed E-state index contributed by atoms with van der Waals surface area (Å²) in [6.07, 6.45) is 3.30. The third kappa shape index (κ3) is 3.87.